The topological polar surface area (TPSA) is 98.3 Å². The van der Waals surface area contributed by atoms with Crippen molar-refractivity contribution in [1.29, 1.82) is 0 Å². The van der Waals surface area contributed by atoms with E-state index >= 15 is 0 Å². The summed E-state index contributed by atoms with van der Waals surface area (Å²) in [5.74, 6) is -0.202. The van der Waals surface area contributed by atoms with E-state index in [0.29, 0.717) is 13.0 Å². The van der Waals surface area contributed by atoms with Crippen molar-refractivity contribution in [3.05, 3.63) is 39.9 Å². The van der Waals surface area contributed by atoms with Gasteiger partial charge in [0.2, 0.25) is 5.91 Å². The van der Waals surface area contributed by atoms with Crippen LogP contribution in [0.5, 0.6) is 0 Å². The van der Waals surface area contributed by atoms with Crippen LogP contribution in [0, 0.1) is 10.1 Å². The summed E-state index contributed by atoms with van der Waals surface area (Å²) in [5, 5.41) is 13.1. The molecule has 1 aromatic rings. The molecular formula is C11H16ClN3O3. The molecule has 1 aromatic carbocycles. The lowest BCUT2D eigenvalue weighted by Gasteiger charge is -2.07. The van der Waals surface area contributed by atoms with Crippen molar-refractivity contribution in [3.63, 3.8) is 0 Å². The highest BCUT2D eigenvalue weighted by molar-refractivity contribution is 5.85. The van der Waals surface area contributed by atoms with Crippen molar-refractivity contribution in [2.75, 3.05) is 6.54 Å². The molecule has 0 aliphatic carbocycles. The van der Waals surface area contributed by atoms with Gasteiger partial charge >= 0.3 is 0 Å². The van der Waals surface area contributed by atoms with Gasteiger partial charge in [-0.1, -0.05) is 12.1 Å². The quantitative estimate of drug-likeness (QED) is 0.618. The van der Waals surface area contributed by atoms with Gasteiger partial charge in [-0.15, -0.1) is 12.4 Å². The third kappa shape index (κ3) is 5.11. The monoisotopic (exact) mass is 273 g/mol. The molecule has 7 heteroatoms. The van der Waals surface area contributed by atoms with Crippen molar-refractivity contribution in [1.82, 2.24) is 5.32 Å². The number of nitro benzene ring substituents is 1. The van der Waals surface area contributed by atoms with Crippen LogP contribution in [-0.2, 0) is 11.2 Å². The molecular weight excluding hydrogens is 258 g/mol. The lowest BCUT2D eigenvalue weighted by molar-refractivity contribution is -0.384. The number of carbonyl (C=O) groups excluding carboxylic acids is 1. The fourth-order valence-electron chi connectivity index (χ4n) is 1.28. The summed E-state index contributed by atoms with van der Waals surface area (Å²) in [6.07, 6.45) is 0.621. The molecule has 3 N–H and O–H groups in total. The molecule has 6 nitrogen and oxygen atoms in total. The smallest absolute Gasteiger partial charge is 0.269 e. The number of nitrogens with two attached hydrogens (primary N) is 1. The lowest BCUT2D eigenvalue weighted by atomic mass is 10.1. The lowest BCUT2D eigenvalue weighted by Crippen LogP contribution is -2.39. The molecule has 0 fully saturated rings. The third-order valence-electron chi connectivity index (χ3n) is 2.27. The first kappa shape index (κ1) is 16.3. The summed E-state index contributed by atoms with van der Waals surface area (Å²) in [6.45, 7) is 2.08. The van der Waals surface area contributed by atoms with E-state index in [1.807, 2.05) is 0 Å². The van der Waals surface area contributed by atoms with Crippen LogP contribution in [0.25, 0.3) is 0 Å². The fraction of sp³-hybridized carbons (Fsp3) is 0.364. The molecule has 0 saturated carbocycles. The zero-order valence-corrected chi connectivity index (χ0v) is 10.8. The highest BCUT2D eigenvalue weighted by Gasteiger charge is 2.06. The molecule has 1 rings (SSSR count). The summed E-state index contributed by atoms with van der Waals surface area (Å²) < 4.78 is 0. The molecule has 0 aromatic heterocycles. The maximum Gasteiger partial charge on any atom is 0.269 e. The van der Waals surface area contributed by atoms with E-state index in [9.17, 15) is 14.9 Å². The number of nitro groups is 1. The third-order valence-corrected chi connectivity index (χ3v) is 2.27. The van der Waals surface area contributed by atoms with Gasteiger partial charge in [-0.25, -0.2) is 0 Å². The molecule has 0 bridgehead atoms. The van der Waals surface area contributed by atoms with Gasteiger partial charge < -0.3 is 11.1 Å². The molecule has 1 atom stereocenters. The van der Waals surface area contributed by atoms with Crippen LogP contribution in [0.1, 0.15) is 12.5 Å². The molecule has 0 saturated heterocycles. The first-order valence-electron chi connectivity index (χ1n) is 5.27. The van der Waals surface area contributed by atoms with Crippen molar-refractivity contribution in [2.45, 2.75) is 19.4 Å². The van der Waals surface area contributed by atoms with Crippen LogP contribution in [0.15, 0.2) is 24.3 Å². The Bertz CT molecular complexity index is 406. The molecule has 0 spiro atoms. The first-order valence-corrected chi connectivity index (χ1v) is 5.27. The number of nitrogens with zero attached hydrogens (tertiary/aromatic N) is 1. The van der Waals surface area contributed by atoms with E-state index in [1.54, 1.807) is 19.1 Å². The average Bonchev–Trinajstić information content (AvgIpc) is 2.29. The fourth-order valence-corrected chi connectivity index (χ4v) is 1.28. The van der Waals surface area contributed by atoms with Gasteiger partial charge in [0.1, 0.15) is 0 Å². The number of amides is 1. The second-order valence-electron chi connectivity index (χ2n) is 3.75. The number of hydrogen-bond donors (Lipinski definition) is 2. The van der Waals surface area contributed by atoms with Crippen molar-refractivity contribution >= 4 is 24.0 Å². The average molecular weight is 274 g/mol. The van der Waals surface area contributed by atoms with Crippen LogP contribution in [0.2, 0.25) is 0 Å². The Balaban J connectivity index is 0.00000289. The van der Waals surface area contributed by atoms with Crippen molar-refractivity contribution in [3.8, 4) is 0 Å². The standard InChI is InChI=1S/C11H15N3O3.ClH/c1-8(12)11(15)13-7-6-9-2-4-10(5-3-9)14(16)17;/h2-5,8H,6-7,12H2,1H3,(H,13,15);1H/t8-;/m0./s1. The number of benzene rings is 1. The molecule has 0 heterocycles. The van der Waals surface area contributed by atoms with Gasteiger partial charge in [-0.2, -0.15) is 0 Å². The second-order valence-corrected chi connectivity index (χ2v) is 3.75. The SMILES string of the molecule is C[C@H](N)C(=O)NCCc1ccc([N+](=O)[O-])cc1.Cl. The number of non-ortho nitro benzene ring substituents is 1. The van der Waals surface area contributed by atoms with Gasteiger partial charge in [0.05, 0.1) is 11.0 Å². The van der Waals surface area contributed by atoms with Crippen LogP contribution >= 0.6 is 12.4 Å². The van der Waals surface area contributed by atoms with E-state index < -0.39 is 11.0 Å². The number of rotatable bonds is 5. The molecule has 18 heavy (non-hydrogen) atoms. The highest BCUT2D eigenvalue weighted by atomic mass is 35.5. The normalized spacial score (nSPS) is 11.2. The summed E-state index contributed by atoms with van der Waals surface area (Å²) in [5.41, 5.74) is 6.38. The van der Waals surface area contributed by atoms with E-state index in [0.717, 1.165) is 5.56 Å². The van der Waals surface area contributed by atoms with Crippen LogP contribution in [0.4, 0.5) is 5.69 Å². The molecule has 100 valence electrons. The van der Waals surface area contributed by atoms with Crippen molar-refractivity contribution in [2.24, 2.45) is 5.73 Å². The Morgan fingerprint density at radius 2 is 2.00 bits per heavy atom. The van der Waals surface area contributed by atoms with Gasteiger partial charge in [0.25, 0.3) is 5.69 Å². The first-order chi connectivity index (χ1) is 8.00. The molecule has 1 amide bonds. The Morgan fingerprint density at radius 1 is 1.44 bits per heavy atom. The van der Waals surface area contributed by atoms with Gasteiger partial charge in [-0.05, 0) is 18.9 Å². The zero-order valence-electron chi connectivity index (χ0n) is 9.96. The Labute approximate surface area is 111 Å². The number of nitrogens with one attached hydrogen (secondary N) is 1. The molecule has 0 radical (unpaired) electrons. The van der Waals surface area contributed by atoms with Gasteiger partial charge in [0, 0.05) is 18.7 Å². The molecule has 0 aliphatic rings. The van der Waals surface area contributed by atoms with Crippen LogP contribution in [0.3, 0.4) is 0 Å². The number of hydrogen-bond acceptors (Lipinski definition) is 4. The van der Waals surface area contributed by atoms with E-state index in [4.69, 9.17) is 5.73 Å². The predicted molar refractivity (Wildman–Crippen MR) is 70.7 cm³/mol. The summed E-state index contributed by atoms with van der Waals surface area (Å²) in [4.78, 5) is 21.1. The van der Waals surface area contributed by atoms with E-state index in [1.165, 1.54) is 12.1 Å². The van der Waals surface area contributed by atoms with Gasteiger partial charge in [0.15, 0.2) is 0 Å². The van der Waals surface area contributed by atoms with Crippen LogP contribution < -0.4 is 11.1 Å². The Kier molecular flexibility index (Phi) is 6.92. The largest absolute Gasteiger partial charge is 0.354 e. The van der Waals surface area contributed by atoms with Crippen LogP contribution in [-0.4, -0.2) is 23.4 Å². The highest BCUT2D eigenvalue weighted by Crippen LogP contribution is 2.11. The number of carbonyl (C=O) groups is 1. The minimum Gasteiger partial charge on any atom is -0.354 e. The minimum atomic E-state index is -0.521. The summed E-state index contributed by atoms with van der Waals surface area (Å²) in [6, 6.07) is 5.73. The predicted octanol–water partition coefficient (Wildman–Crippen LogP) is 1.02. The van der Waals surface area contributed by atoms with E-state index in [-0.39, 0.29) is 24.0 Å². The summed E-state index contributed by atoms with van der Waals surface area (Å²) in [7, 11) is 0. The Hall–Kier alpha value is -1.66. The number of halogens is 1. The maximum atomic E-state index is 11.2. The summed E-state index contributed by atoms with van der Waals surface area (Å²) >= 11 is 0. The zero-order chi connectivity index (χ0) is 12.8. The van der Waals surface area contributed by atoms with Gasteiger partial charge in [-0.3, -0.25) is 14.9 Å². The van der Waals surface area contributed by atoms with E-state index in [2.05, 4.69) is 5.32 Å². The Morgan fingerprint density at radius 3 is 2.44 bits per heavy atom. The molecule has 0 unspecified atom stereocenters. The molecule has 0 aliphatic heterocycles. The maximum absolute atomic E-state index is 11.2. The minimum absolute atomic E-state index is 0. The van der Waals surface area contributed by atoms with Crippen molar-refractivity contribution < 1.29 is 9.72 Å². The second kappa shape index (κ2) is 7.62.